The van der Waals surface area contributed by atoms with E-state index in [1.807, 2.05) is 6.07 Å². The zero-order valence-corrected chi connectivity index (χ0v) is 22.6. The second-order valence-corrected chi connectivity index (χ2v) is 9.89. The first-order valence-electron chi connectivity index (χ1n) is 11.8. The van der Waals surface area contributed by atoms with Gasteiger partial charge in [0.2, 0.25) is 0 Å². The van der Waals surface area contributed by atoms with Gasteiger partial charge in [-0.15, -0.1) is 0 Å². The first-order chi connectivity index (χ1) is 18.5. The minimum atomic E-state index is -0.813. The molecule has 0 aliphatic heterocycles. The number of amides is 3. The van der Waals surface area contributed by atoms with Crippen molar-refractivity contribution in [3.8, 4) is 11.8 Å². The molecule has 12 heteroatoms. The number of methoxy groups -OCH3 is 1. The number of ether oxygens (including phenoxy) is 2. The van der Waals surface area contributed by atoms with E-state index in [1.165, 1.54) is 36.5 Å². The van der Waals surface area contributed by atoms with Crippen molar-refractivity contribution in [2.75, 3.05) is 17.7 Å². The quantitative estimate of drug-likeness (QED) is 0.270. The number of hydrogen-bond donors (Lipinski definition) is 2. The number of halogens is 2. The zero-order valence-electron chi connectivity index (χ0n) is 21.9. The van der Waals surface area contributed by atoms with Crippen molar-refractivity contribution < 1.29 is 23.5 Å². The van der Waals surface area contributed by atoms with Crippen LogP contribution in [0.15, 0.2) is 54.9 Å². The Morgan fingerprint density at radius 1 is 1.10 bits per heavy atom. The molecule has 0 radical (unpaired) electrons. The number of nitriles is 1. The molecular formula is C27H28ClFN6O4. The monoisotopic (exact) mass is 554 g/mol. The van der Waals surface area contributed by atoms with E-state index in [2.05, 4.69) is 20.6 Å². The predicted molar refractivity (Wildman–Crippen MR) is 144 cm³/mol. The van der Waals surface area contributed by atoms with Gasteiger partial charge >= 0.3 is 12.1 Å². The lowest BCUT2D eigenvalue weighted by molar-refractivity contribution is 0.0205. The Labute approximate surface area is 230 Å². The van der Waals surface area contributed by atoms with Gasteiger partial charge in [-0.3, -0.25) is 10.2 Å². The van der Waals surface area contributed by atoms with Crippen LogP contribution in [0.1, 0.15) is 37.6 Å². The summed E-state index contributed by atoms with van der Waals surface area (Å²) in [7, 11) is 1.45. The van der Waals surface area contributed by atoms with Gasteiger partial charge in [-0.05, 0) is 56.2 Å². The van der Waals surface area contributed by atoms with E-state index in [0.717, 1.165) is 5.56 Å². The molecule has 0 fully saturated rings. The Morgan fingerprint density at radius 3 is 2.38 bits per heavy atom. The molecule has 2 N–H and O–H groups in total. The number of nitrogens with zero attached hydrogens (tertiary/aromatic N) is 4. The van der Waals surface area contributed by atoms with E-state index < -0.39 is 23.2 Å². The third-order valence-electron chi connectivity index (χ3n) is 5.16. The number of aromatic nitrogens is 2. The fraction of sp³-hybridized carbons (Fsp3) is 0.296. The fourth-order valence-corrected chi connectivity index (χ4v) is 3.70. The van der Waals surface area contributed by atoms with E-state index >= 15 is 0 Å². The van der Waals surface area contributed by atoms with Crippen molar-refractivity contribution in [3.63, 3.8) is 0 Å². The van der Waals surface area contributed by atoms with Crippen molar-refractivity contribution in [2.45, 2.75) is 44.8 Å². The van der Waals surface area contributed by atoms with Crippen molar-refractivity contribution in [2.24, 2.45) is 0 Å². The molecule has 3 rings (SSSR count). The van der Waals surface area contributed by atoms with Gasteiger partial charge in [0.1, 0.15) is 28.7 Å². The first kappa shape index (κ1) is 29.1. The van der Waals surface area contributed by atoms with Crippen molar-refractivity contribution in [1.29, 1.82) is 5.26 Å². The Bertz CT molecular complexity index is 1340. The van der Waals surface area contributed by atoms with Crippen LogP contribution in [0.4, 0.5) is 25.5 Å². The molecule has 3 aromatic rings. The summed E-state index contributed by atoms with van der Waals surface area (Å²) in [5.41, 5.74) is 0.355. The van der Waals surface area contributed by atoms with Crippen molar-refractivity contribution >= 4 is 35.2 Å². The molecule has 0 saturated carbocycles. The molecule has 0 saturated heterocycles. The van der Waals surface area contributed by atoms with Crippen LogP contribution in [0.2, 0.25) is 0 Å². The number of carbonyl (C=O) groups excluding carboxylic acids is 2. The smallest absolute Gasteiger partial charge is 0.411 e. The van der Waals surface area contributed by atoms with E-state index in [4.69, 9.17) is 26.3 Å². The minimum Gasteiger partial charge on any atom is -0.495 e. The van der Waals surface area contributed by atoms with Gasteiger partial charge in [0.25, 0.3) is 0 Å². The van der Waals surface area contributed by atoms with E-state index in [-0.39, 0.29) is 30.3 Å². The lowest BCUT2D eigenvalue weighted by Gasteiger charge is -2.31. The summed E-state index contributed by atoms with van der Waals surface area (Å²) in [6.45, 7) is 5.37. The summed E-state index contributed by atoms with van der Waals surface area (Å²) in [6.07, 6.45) is 2.12. The van der Waals surface area contributed by atoms with E-state index in [0.29, 0.717) is 17.0 Å². The van der Waals surface area contributed by atoms with Crippen LogP contribution in [0, 0.1) is 17.1 Å². The highest BCUT2D eigenvalue weighted by Crippen LogP contribution is 2.28. The van der Waals surface area contributed by atoms with Gasteiger partial charge in [0, 0.05) is 6.42 Å². The second-order valence-electron chi connectivity index (χ2n) is 9.39. The summed E-state index contributed by atoms with van der Waals surface area (Å²) in [5, 5.41) is 14.0. The van der Waals surface area contributed by atoms with Crippen LogP contribution >= 0.6 is 11.6 Å². The normalized spacial score (nSPS) is 11.6. The molecule has 0 aliphatic rings. The molecule has 0 spiro atoms. The van der Waals surface area contributed by atoms with Crippen LogP contribution in [0.5, 0.6) is 5.75 Å². The largest absolute Gasteiger partial charge is 0.495 e. The lowest BCUT2D eigenvalue weighted by atomic mass is 10.1. The number of hydrogen-bond acceptors (Lipinski definition) is 7. The zero-order chi connectivity index (χ0) is 28.6. The molecule has 0 aliphatic carbocycles. The Balaban J connectivity index is 1.73. The number of benzene rings is 2. The highest BCUT2D eigenvalue weighted by atomic mass is 35.5. The molecule has 1 unspecified atom stereocenters. The van der Waals surface area contributed by atoms with Crippen LogP contribution in [0.3, 0.4) is 0 Å². The molecule has 1 atom stereocenters. The van der Waals surface area contributed by atoms with Crippen LogP contribution in [0.25, 0.3) is 0 Å². The number of urea groups is 1. The molecular weight excluding hydrogens is 527 g/mol. The molecule has 0 bridgehead atoms. The molecule has 39 heavy (non-hydrogen) atoms. The van der Waals surface area contributed by atoms with Crippen LogP contribution in [-0.2, 0) is 17.7 Å². The summed E-state index contributed by atoms with van der Waals surface area (Å²) in [5.74, 6) is 0.138. The number of alkyl halides is 1. The third-order valence-corrected chi connectivity index (χ3v) is 5.55. The molecule has 10 nitrogen and oxygen atoms in total. The van der Waals surface area contributed by atoms with Gasteiger partial charge in [0.15, 0.2) is 11.5 Å². The van der Waals surface area contributed by atoms with Gasteiger partial charge < -0.3 is 14.8 Å². The summed E-state index contributed by atoms with van der Waals surface area (Å²) in [6, 6.07) is 12.1. The standard InChI is InChI=1S/C27H28ClFN6O4/c1-27(2,3)39-26(37)35(16-17-5-8-19(29)9-6-17)23(28)12-18-7-10-21(22(11-18)38-4)33-25(36)34-24-15-31-20(13-30)14-32-24/h5-11,14-15,23H,12,16H2,1-4H3,(H2,32,33,34,36). The molecule has 1 heterocycles. The van der Waals surface area contributed by atoms with Crippen molar-refractivity contribution in [1.82, 2.24) is 14.9 Å². The third kappa shape index (κ3) is 8.83. The van der Waals surface area contributed by atoms with Gasteiger partial charge in [0.05, 0.1) is 31.7 Å². The highest BCUT2D eigenvalue weighted by molar-refractivity contribution is 6.21. The van der Waals surface area contributed by atoms with E-state index in [1.54, 1.807) is 51.1 Å². The summed E-state index contributed by atoms with van der Waals surface area (Å²) < 4.78 is 24.4. The van der Waals surface area contributed by atoms with Gasteiger partial charge in [-0.2, -0.15) is 5.26 Å². The lowest BCUT2D eigenvalue weighted by Crippen LogP contribution is -2.41. The topological polar surface area (TPSA) is 129 Å². The Morgan fingerprint density at radius 2 is 1.79 bits per heavy atom. The predicted octanol–water partition coefficient (Wildman–Crippen LogP) is 5.68. The molecule has 1 aromatic heterocycles. The maximum atomic E-state index is 13.4. The average molecular weight is 555 g/mol. The second kappa shape index (κ2) is 12.9. The number of anilines is 2. The average Bonchev–Trinajstić information content (AvgIpc) is 2.88. The fourth-order valence-electron chi connectivity index (χ4n) is 3.38. The molecule has 204 valence electrons. The maximum absolute atomic E-state index is 13.4. The van der Waals surface area contributed by atoms with Crippen molar-refractivity contribution in [3.05, 3.63) is 77.5 Å². The first-order valence-corrected chi connectivity index (χ1v) is 12.3. The number of nitrogens with one attached hydrogen (secondary N) is 2. The Kier molecular flexibility index (Phi) is 9.62. The SMILES string of the molecule is COc1cc(CC(Cl)N(Cc2ccc(F)cc2)C(=O)OC(C)(C)C)ccc1NC(=O)Nc1cnc(C#N)cn1. The summed E-state index contributed by atoms with van der Waals surface area (Å²) in [4.78, 5) is 34.6. The molecule has 2 aromatic carbocycles. The number of rotatable bonds is 8. The number of carbonyl (C=O) groups is 2. The summed E-state index contributed by atoms with van der Waals surface area (Å²) >= 11 is 6.72. The van der Waals surface area contributed by atoms with Crippen LogP contribution in [-0.4, -0.2) is 45.2 Å². The minimum absolute atomic E-state index is 0.110. The van der Waals surface area contributed by atoms with Gasteiger partial charge in [-0.1, -0.05) is 29.8 Å². The van der Waals surface area contributed by atoms with E-state index in [9.17, 15) is 14.0 Å². The van der Waals surface area contributed by atoms with Crippen LogP contribution < -0.4 is 15.4 Å². The maximum Gasteiger partial charge on any atom is 0.411 e. The Hall–Kier alpha value is -4.43. The molecule has 3 amide bonds. The van der Waals surface area contributed by atoms with Gasteiger partial charge in [-0.25, -0.2) is 23.9 Å². The highest BCUT2D eigenvalue weighted by Gasteiger charge is 2.28.